The first kappa shape index (κ1) is 26.5. The molecular weight excluding hydrogens is 497 g/mol. The minimum absolute atomic E-state index is 0.0777. The Morgan fingerprint density at radius 1 is 0.857 bits per heavy atom. The third-order valence-corrected chi connectivity index (χ3v) is 5.91. The molecule has 0 amide bonds. The molecule has 0 aliphatic rings. The lowest BCUT2D eigenvalue weighted by atomic mass is 9.80. The van der Waals surface area contributed by atoms with Gasteiger partial charge < -0.3 is 5.32 Å². The van der Waals surface area contributed by atoms with E-state index in [1.807, 2.05) is 0 Å². The van der Waals surface area contributed by atoms with E-state index in [0.717, 1.165) is 0 Å². The van der Waals surface area contributed by atoms with Gasteiger partial charge in [-0.05, 0) is 60.0 Å². The van der Waals surface area contributed by atoms with Crippen molar-refractivity contribution < 1.29 is 30.7 Å². The van der Waals surface area contributed by atoms with Crippen LogP contribution in [0.4, 0.5) is 36.4 Å². The van der Waals surface area contributed by atoms with Gasteiger partial charge >= 0.3 is 12.4 Å². The number of aryl methyl sites for hydroxylation is 1. The number of benzene rings is 2. The van der Waals surface area contributed by atoms with E-state index >= 15 is 0 Å². The molecule has 0 unspecified atom stereocenters. The van der Waals surface area contributed by atoms with E-state index in [4.69, 9.17) is 11.6 Å². The highest BCUT2D eigenvalue weighted by Gasteiger charge is 2.39. The fourth-order valence-corrected chi connectivity index (χ4v) is 3.65. The second kappa shape index (κ2) is 9.18. The summed E-state index contributed by atoms with van der Waals surface area (Å²) in [6.45, 7) is 8.46. The quantitative estimate of drug-likeness (QED) is 0.271. The number of nitrogens with one attached hydrogen (secondary N) is 1. The highest BCUT2D eigenvalue weighted by atomic mass is 35.5. The van der Waals surface area contributed by atoms with Crippen molar-refractivity contribution in [3.05, 3.63) is 94.2 Å². The largest absolute Gasteiger partial charge is 0.416 e. The third kappa shape index (κ3) is 5.78. The van der Waals surface area contributed by atoms with Crippen LogP contribution in [0.3, 0.4) is 0 Å². The molecule has 1 heterocycles. The molecule has 186 valence electrons. The number of hydrogen-bond acceptors (Lipinski definition) is 2. The lowest BCUT2D eigenvalue weighted by Crippen LogP contribution is -2.26. The van der Waals surface area contributed by atoms with Crippen LogP contribution < -0.4 is 5.32 Å². The molecule has 1 N–H and O–H groups in total. The maximum Gasteiger partial charge on any atom is 0.416 e. The summed E-state index contributed by atoms with van der Waals surface area (Å²) in [4.78, 5) is 4.00. The second-order valence-electron chi connectivity index (χ2n) is 8.53. The molecule has 0 radical (unpaired) electrons. The van der Waals surface area contributed by atoms with Crippen LogP contribution in [0.25, 0.3) is 11.1 Å². The molecule has 1 aromatic heterocycles. The molecule has 0 spiro atoms. The first-order valence-corrected chi connectivity index (χ1v) is 10.6. The van der Waals surface area contributed by atoms with Crippen molar-refractivity contribution in [1.29, 1.82) is 0 Å². The number of hydrogen-bond donors (Lipinski definition) is 1. The second-order valence-corrected chi connectivity index (χ2v) is 8.92. The average molecular weight is 517 g/mol. The third-order valence-electron chi connectivity index (χ3n) is 5.70. The summed E-state index contributed by atoms with van der Waals surface area (Å²) in [5, 5.41) is 3.09. The van der Waals surface area contributed by atoms with Gasteiger partial charge in [-0.25, -0.2) is 9.37 Å². The van der Waals surface area contributed by atoms with E-state index in [9.17, 15) is 30.7 Å². The van der Waals surface area contributed by atoms with E-state index in [1.54, 1.807) is 6.92 Å². The molecule has 0 fully saturated rings. The molecule has 35 heavy (non-hydrogen) atoms. The Morgan fingerprint density at radius 3 is 1.91 bits per heavy atom. The number of aromatic nitrogens is 1. The van der Waals surface area contributed by atoms with Crippen LogP contribution in [0, 0.1) is 12.7 Å². The summed E-state index contributed by atoms with van der Waals surface area (Å²) >= 11 is 6.04. The average Bonchev–Trinajstić information content (AvgIpc) is 2.73. The van der Waals surface area contributed by atoms with Gasteiger partial charge in [-0.2, -0.15) is 26.3 Å². The van der Waals surface area contributed by atoms with E-state index in [0.29, 0.717) is 34.5 Å². The predicted molar refractivity (Wildman–Crippen MR) is 122 cm³/mol. The molecule has 0 atom stereocenters. The lowest BCUT2D eigenvalue weighted by molar-refractivity contribution is -0.143. The molecule has 0 saturated heterocycles. The number of alkyl halides is 6. The normalized spacial score (nSPS) is 12.5. The summed E-state index contributed by atoms with van der Waals surface area (Å²) < 4.78 is 93.8. The summed E-state index contributed by atoms with van der Waals surface area (Å²) in [5.74, 6) is -0.448. The number of nitrogens with zero attached hydrogens (tertiary/aromatic N) is 1. The van der Waals surface area contributed by atoms with Gasteiger partial charge in [-0.3, -0.25) is 0 Å². The first-order valence-electron chi connectivity index (χ1n) is 10.2. The Kier molecular flexibility index (Phi) is 6.96. The van der Waals surface area contributed by atoms with Crippen LogP contribution >= 0.6 is 11.6 Å². The van der Waals surface area contributed by atoms with Gasteiger partial charge in [0.2, 0.25) is 0 Å². The summed E-state index contributed by atoms with van der Waals surface area (Å²) in [5.41, 5.74) is -2.33. The zero-order chi connectivity index (χ0) is 26.3. The lowest BCUT2D eigenvalue weighted by Gasteiger charge is -2.31. The van der Waals surface area contributed by atoms with Crippen LogP contribution in [-0.4, -0.2) is 4.98 Å². The van der Waals surface area contributed by atoms with Crippen LogP contribution in [0.5, 0.6) is 0 Å². The van der Waals surface area contributed by atoms with Gasteiger partial charge in [0.25, 0.3) is 0 Å². The minimum atomic E-state index is -4.98. The van der Waals surface area contributed by atoms with Crippen molar-refractivity contribution >= 4 is 17.3 Å². The molecule has 10 heteroatoms. The van der Waals surface area contributed by atoms with E-state index < -0.39 is 34.7 Å². The van der Waals surface area contributed by atoms with Crippen molar-refractivity contribution in [2.75, 3.05) is 5.32 Å². The molecular formula is C25H20ClF7N2. The van der Waals surface area contributed by atoms with Gasteiger partial charge in [-0.1, -0.05) is 38.1 Å². The number of allylic oxidation sites excluding steroid dienone is 1. The van der Waals surface area contributed by atoms with Crippen molar-refractivity contribution in [2.24, 2.45) is 0 Å². The van der Waals surface area contributed by atoms with Gasteiger partial charge in [0.15, 0.2) is 0 Å². The van der Waals surface area contributed by atoms with Crippen LogP contribution in [0.15, 0.2) is 60.9 Å². The Morgan fingerprint density at radius 2 is 1.40 bits per heavy atom. The fraction of sp³-hybridized carbons (Fsp3) is 0.240. The maximum absolute atomic E-state index is 13.6. The fourth-order valence-electron chi connectivity index (χ4n) is 3.49. The molecule has 2 nitrogen and oxygen atoms in total. The monoisotopic (exact) mass is 516 g/mol. The Balaban J connectivity index is 2.07. The van der Waals surface area contributed by atoms with Crippen molar-refractivity contribution in [3.8, 4) is 11.1 Å². The molecule has 0 aliphatic heterocycles. The van der Waals surface area contributed by atoms with E-state index in [2.05, 4.69) is 16.9 Å². The Bertz CT molecular complexity index is 1250. The molecule has 0 aliphatic carbocycles. The summed E-state index contributed by atoms with van der Waals surface area (Å²) in [6.07, 6.45) is -8.60. The number of rotatable bonds is 5. The molecule has 0 bridgehead atoms. The zero-order valence-corrected chi connectivity index (χ0v) is 19.6. The van der Waals surface area contributed by atoms with Crippen LogP contribution in [0.1, 0.15) is 36.1 Å². The standard InChI is InChI=1S/C25H20ClF7N2/c1-13-7-18(27)5-6-19(13)20-11-22(26)34-12-21(20)35-14(2)23(3,4)15-8-16(24(28,29)30)10-17(9-15)25(31,32)33/h5-12,35H,2H2,1,3-4H3. The van der Waals surface area contributed by atoms with E-state index in [1.165, 1.54) is 44.3 Å². The molecule has 3 rings (SSSR count). The Labute approximate surface area is 202 Å². The molecule has 2 aromatic carbocycles. The van der Waals surface area contributed by atoms with Crippen LogP contribution in [0.2, 0.25) is 5.15 Å². The van der Waals surface area contributed by atoms with Gasteiger partial charge in [0, 0.05) is 16.7 Å². The predicted octanol–water partition coefficient (Wildman–Crippen LogP) is 8.79. The highest BCUT2D eigenvalue weighted by Crippen LogP contribution is 2.41. The minimum Gasteiger partial charge on any atom is -0.357 e. The van der Waals surface area contributed by atoms with Gasteiger partial charge in [-0.15, -0.1) is 0 Å². The summed E-state index contributed by atoms with van der Waals surface area (Å²) in [6, 6.07) is 7.02. The van der Waals surface area contributed by atoms with Crippen molar-refractivity contribution in [2.45, 2.75) is 38.5 Å². The maximum atomic E-state index is 13.6. The first-order chi connectivity index (χ1) is 16.0. The highest BCUT2D eigenvalue weighted by molar-refractivity contribution is 6.29. The molecule has 3 aromatic rings. The van der Waals surface area contributed by atoms with E-state index in [-0.39, 0.29) is 22.5 Å². The zero-order valence-electron chi connectivity index (χ0n) is 18.8. The van der Waals surface area contributed by atoms with Gasteiger partial charge in [0.05, 0.1) is 23.0 Å². The summed E-state index contributed by atoms with van der Waals surface area (Å²) in [7, 11) is 0. The topological polar surface area (TPSA) is 24.9 Å². The van der Waals surface area contributed by atoms with Gasteiger partial charge in [0.1, 0.15) is 11.0 Å². The smallest absolute Gasteiger partial charge is 0.357 e. The Hall–Kier alpha value is -3.07. The number of anilines is 1. The number of pyridine rings is 1. The molecule has 0 saturated carbocycles. The van der Waals surface area contributed by atoms with Crippen LogP contribution in [-0.2, 0) is 17.8 Å². The SMILES string of the molecule is C=C(Nc1cnc(Cl)cc1-c1ccc(F)cc1C)C(C)(C)c1cc(C(F)(F)F)cc(C(F)(F)F)c1. The van der Waals surface area contributed by atoms with Crippen molar-refractivity contribution in [1.82, 2.24) is 4.98 Å². The van der Waals surface area contributed by atoms with Crippen molar-refractivity contribution in [3.63, 3.8) is 0 Å². The number of halogens is 8.